The molecule has 0 spiro atoms. The Morgan fingerprint density at radius 1 is 1.08 bits per heavy atom. The molecule has 3 heterocycles. The van der Waals surface area contributed by atoms with E-state index in [1.54, 1.807) is 0 Å². The third-order valence-corrected chi connectivity index (χ3v) is 4.60. The number of hydrogen-bond acceptors (Lipinski definition) is 4. The van der Waals surface area contributed by atoms with E-state index in [-0.39, 0.29) is 5.91 Å². The maximum atomic E-state index is 12.4. The number of rotatable bonds is 5. The highest BCUT2D eigenvalue weighted by Crippen LogP contribution is 2.19. The molecule has 6 nitrogen and oxygen atoms in total. The number of aromatic nitrogens is 2. The van der Waals surface area contributed by atoms with Crippen LogP contribution >= 0.6 is 0 Å². The summed E-state index contributed by atoms with van der Waals surface area (Å²) in [5.41, 5.74) is 3.42. The number of hydrogen-bond donors (Lipinski definition) is 1. The molecule has 1 aliphatic rings. The smallest absolute Gasteiger partial charge is 0.252 e. The maximum absolute atomic E-state index is 12.4. The lowest BCUT2D eigenvalue weighted by Gasteiger charge is -2.26. The minimum atomic E-state index is -0.0601. The van der Waals surface area contributed by atoms with Gasteiger partial charge >= 0.3 is 0 Å². The van der Waals surface area contributed by atoms with Gasteiger partial charge in [0.2, 0.25) is 0 Å². The van der Waals surface area contributed by atoms with Crippen molar-refractivity contribution in [2.45, 2.75) is 0 Å². The zero-order valence-electron chi connectivity index (χ0n) is 14.6. The second-order valence-electron chi connectivity index (χ2n) is 6.39. The number of fused-ring (bicyclic) bond motifs is 1. The maximum Gasteiger partial charge on any atom is 0.252 e. The number of amides is 1. The van der Waals surface area contributed by atoms with E-state index in [4.69, 9.17) is 4.74 Å². The van der Waals surface area contributed by atoms with E-state index >= 15 is 0 Å². The van der Waals surface area contributed by atoms with Gasteiger partial charge in [-0.05, 0) is 12.1 Å². The molecule has 1 aliphatic heterocycles. The van der Waals surface area contributed by atoms with Crippen LogP contribution in [0.5, 0.6) is 0 Å². The molecular weight excluding hydrogens is 328 g/mol. The van der Waals surface area contributed by atoms with Gasteiger partial charge < -0.3 is 14.5 Å². The number of nitrogens with one attached hydrogen (secondary N) is 1. The monoisotopic (exact) mass is 350 g/mol. The van der Waals surface area contributed by atoms with Gasteiger partial charge in [-0.2, -0.15) is 0 Å². The summed E-state index contributed by atoms with van der Waals surface area (Å²) in [5.74, 6) is -0.0601. The fourth-order valence-corrected chi connectivity index (χ4v) is 3.13. The molecular formula is C20H22N4O2. The highest BCUT2D eigenvalue weighted by atomic mass is 16.5. The average molecular weight is 350 g/mol. The van der Waals surface area contributed by atoms with E-state index in [9.17, 15) is 4.79 Å². The number of nitrogens with zero attached hydrogens (tertiary/aromatic N) is 3. The summed E-state index contributed by atoms with van der Waals surface area (Å²) >= 11 is 0. The van der Waals surface area contributed by atoms with Crippen molar-refractivity contribution >= 4 is 11.6 Å². The first-order chi connectivity index (χ1) is 12.8. The molecule has 26 heavy (non-hydrogen) atoms. The molecule has 0 radical (unpaired) electrons. The second-order valence-corrected chi connectivity index (χ2v) is 6.39. The lowest BCUT2D eigenvalue weighted by Crippen LogP contribution is -2.41. The Bertz CT molecular complexity index is 885. The molecule has 1 aromatic carbocycles. The van der Waals surface area contributed by atoms with E-state index in [2.05, 4.69) is 15.2 Å². The lowest BCUT2D eigenvalue weighted by molar-refractivity contribution is 0.0383. The number of carbonyl (C=O) groups is 1. The minimum Gasteiger partial charge on any atom is -0.379 e. The molecule has 1 saturated heterocycles. The van der Waals surface area contributed by atoms with E-state index in [0.717, 1.165) is 49.8 Å². The summed E-state index contributed by atoms with van der Waals surface area (Å²) in [6, 6.07) is 13.7. The molecule has 0 unspecified atom stereocenters. The first kappa shape index (κ1) is 16.8. The fraction of sp³-hybridized carbons (Fsp3) is 0.300. The zero-order chi connectivity index (χ0) is 17.8. The van der Waals surface area contributed by atoms with Gasteiger partial charge in [0.05, 0.1) is 24.5 Å². The molecule has 0 saturated carbocycles. The summed E-state index contributed by atoms with van der Waals surface area (Å²) in [6.45, 7) is 4.89. The van der Waals surface area contributed by atoms with Crippen LogP contribution in [0, 0.1) is 0 Å². The zero-order valence-corrected chi connectivity index (χ0v) is 14.6. The van der Waals surface area contributed by atoms with Gasteiger partial charge in [-0.15, -0.1) is 0 Å². The molecule has 0 bridgehead atoms. The Hall–Kier alpha value is -2.70. The molecule has 1 fully saturated rings. The first-order valence-electron chi connectivity index (χ1n) is 8.92. The average Bonchev–Trinajstić information content (AvgIpc) is 3.13. The SMILES string of the molecule is O=C(NCCN1CCOCC1)c1ccc2nc(-c3ccccc3)cn2c1. The first-order valence-corrected chi connectivity index (χ1v) is 8.92. The second kappa shape index (κ2) is 7.68. The molecule has 3 aromatic rings. The van der Waals surface area contributed by atoms with Crippen molar-refractivity contribution in [2.24, 2.45) is 0 Å². The van der Waals surface area contributed by atoms with Crippen molar-refractivity contribution in [3.8, 4) is 11.3 Å². The van der Waals surface area contributed by atoms with Gasteiger partial charge in [-0.25, -0.2) is 4.98 Å². The normalized spacial score (nSPS) is 15.2. The Labute approximate surface area is 152 Å². The summed E-state index contributed by atoms with van der Waals surface area (Å²) in [4.78, 5) is 19.3. The van der Waals surface area contributed by atoms with E-state index in [1.165, 1.54) is 0 Å². The number of pyridine rings is 1. The summed E-state index contributed by atoms with van der Waals surface area (Å²) in [5, 5.41) is 2.99. The van der Waals surface area contributed by atoms with Crippen LogP contribution in [0.15, 0.2) is 54.9 Å². The Morgan fingerprint density at radius 3 is 2.69 bits per heavy atom. The van der Waals surface area contributed by atoms with Gasteiger partial charge in [0.15, 0.2) is 0 Å². The topological polar surface area (TPSA) is 58.9 Å². The largest absolute Gasteiger partial charge is 0.379 e. The summed E-state index contributed by atoms with van der Waals surface area (Å²) in [6.07, 6.45) is 3.79. The van der Waals surface area contributed by atoms with Crippen LogP contribution < -0.4 is 5.32 Å². The number of imidazole rings is 1. The van der Waals surface area contributed by atoms with E-state index < -0.39 is 0 Å². The van der Waals surface area contributed by atoms with Gasteiger partial charge in [-0.3, -0.25) is 9.69 Å². The van der Waals surface area contributed by atoms with E-state index in [1.807, 2.05) is 59.3 Å². The number of benzene rings is 1. The predicted molar refractivity (Wildman–Crippen MR) is 100 cm³/mol. The molecule has 1 N–H and O–H groups in total. The fourth-order valence-electron chi connectivity index (χ4n) is 3.13. The molecule has 0 atom stereocenters. The van der Waals surface area contributed by atoms with Crippen LogP contribution in [0.3, 0.4) is 0 Å². The standard InChI is InChI=1S/C20H22N4O2/c25-20(21-8-9-23-10-12-26-13-11-23)17-6-7-19-22-18(15-24(19)14-17)16-4-2-1-3-5-16/h1-7,14-15H,8-13H2,(H,21,25). The Morgan fingerprint density at radius 2 is 1.88 bits per heavy atom. The Balaban J connectivity index is 1.42. The Kier molecular flexibility index (Phi) is 4.95. The summed E-state index contributed by atoms with van der Waals surface area (Å²) < 4.78 is 7.24. The number of carbonyl (C=O) groups excluding carboxylic acids is 1. The predicted octanol–water partition coefficient (Wildman–Crippen LogP) is 2.06. The molecule has 1 amide bonds. The van der Waals surface area contributed by atoms with Crippen molar-refractivity contribution in [3.63, 3.8) is 0 Å². The molecule has 6 heteroatoms. The van der Waals surface area contributed by atoms with Gasteiger partial charge in [-0.1, -0.05) is 30.3 Å². The van der Waals surface area contributed by atoms with Crippen molar-refractivity contribution in [3.05, 3.63) is 60.4 Å². The van der Waals surface area contributed by atoms with Crippen LogP contribution in [-0.4, -0.2) is 59.6 Å². The third kappa shape index (κ3) is 3.76. The molecule has 2 aromatic heterocycles. The summed E-state index contributed by atoms with van der Waals surface area (Å²) in [7, 11) is 0. The number of morpholine rings is 1. The van der Waals surface area contributed by atoms with Crippen molar-refractivity contribution in [2.75, 3.05) is 39.4 Å². The number of ether oxygens (including phenoxy) is 1. The van der Waals surface area contributed by atoms with Crippen LogP contribution in [0.2, 0.25) is 0 Å². The van der Waals surface area contributed by atoms with Crippen LogP contribution in [0.25, 0.3) is 16.9 Å². The van der Waals surface area contributed by atoms with Crippen LogP contribution in [-0.2, 0) is 4.74 Å². The molecule has 134 valence electrons. The molecule has 0 aliphatic carbocycles. The van der Waals surface area contributed by atoms with Gasteiger partial charge in [0, 0.05) is 44.1 Å². The van der Waals surface area contributed by atoms with Gasteiger partial charge in [0.25, 0.3) is 5.91 Å². The lowest BCUT2D eigenvalue weighted by atomic mass is 10.2. The highest BCUT2D eigenvalue weighted by molar-refractivity contribution is 5.94. The molecule has 4 rings (SSSR count). The van der Waals surface area contributed by atoms with Gasteiger partial charge in [0.1, 0.15) is 5.65 Å². The van der Waals surface area contributed by atoms with Crippen molar-refractivity contribution < 1.29 is 9.53 Å². The van der Waals surface area contributed by atoms with Crippen molar-refractivity contribution in [1.82, 2.24) is 19.6 Å². The highest BCUT2D eigenvalue weighted by Gasteiger charge is 2.12. The van der Waals surface area contributed by atoms with Crippen LogP contribution in [0.4, 0.5) is 0 Å². The van der Waals surface area contributed by atoms with Crippen LogP contribution in [0.1, 0.15) is 10.4 Å². The minimum absolute atomic E-state index is 0.0601. The van der Waals surface area contributed by atoms with Crippen molar-refractivity contribution in [1.29, 1.82) is 0 Å². The van der Waals surface area contributed by atoms with E-state index in [0.29, 0.717) is 12.1 Å². The quantitative estimate of drug-likeness (QED) is 0.765. The third-order valence-electron chi connectivity index (χ3n) is 4.60.